The van der Waals surface area contributed by atoms with Crippen LogP contribution in [0.15, 0.2) is 35.7 Å². The number of aryl methyl sites for hydroxylation is 1. The topological polar surface area (TPSA) is 61.4 Å². The number of hydrogen-bond donors (Lipinski definition) is 2. The predicted octanol–water partition coefficient (Wildman–Crippen LogP) is 3.85. The molecular weight excluding hydrogens is 358 g/mol. The quantitative estimate of drug-likeness (QED) is 0.795. The lowest BCUT2D eigenvalue weighted by Gasteiger charge is -2.34. The van der Waals surface area contributed by atoms with Gasteiger partial charge in [-0.3, -0.25) is 20.4 Å². The van der Waals surface area contributed by atoms with Crippen molar-refractivity contribution >= 4 is 40.4 Å². The zero-order valence-electron chi connectivity index (χ0n) is 13.9. The third-order valence-corrected chi connectivity index (χ3v) is 5.57. The summed E-state index contributed by atoms with van der Waals surface area (Å²) in [5.74, 6) is -0.283. The fraction of sp³-hybridized carbons (Fsp3) is 0.333. The van der Waals surface area contributed by atoms with Crippen molar-refractivity contribution in [2.75, 3.05) is 12.0 Å². The predicted molar refractivity (Wildman–Crippen MR) is 101 cm³/mol. The molecule has 0 aliphatic carbocycles. The van der Waals surface area contributed by atoms with E-state index in [0.717, 1.165) is 18.4 Å². The van der Waals surface area contributed by atoms with Gasteiger partial charge < -0.3 is 4.90 Å². The fourth-order valence-electron chi connectivity index (χ4n) is 2.88. The minimum Gasteiger partial charge on any atom is -0.326 e. The Hall–Kier alpha value is -2.05. The highest BCUT2D eigenvalue weighted by molar-refractivity contribution is 7.12. The van der Waals surface area contributed by atoms with Gasteiger partial charge in [0.05, 0.1) is 10.6 Å². The summed E-state index contributed by atoms with van der Waals surface area (Å²) in [7, 11) is 0. The Labute approximate surface area is 155 Å². The number of anilines is 1. The van der Waals surface area contributed by atoms with Crippen molar-refractivity contribution in [3.8, 4) is 0 Å². The number of nitrogens with one attached hydrogen (secondary N) is 2. The number of nitrogens with zero attached hydrogens (tertiary/aromatic N) is 1. The van der Waals surface area contributed by atoms with E-state index >= 15 is 0 Å². The molecule has 0 radical (unpaired) electrons. The summed E-state index contributed by atoms with van der Waals surface area (Å²) in [6.07, 6.45) is 2.52. The Bertz CT molecular complexity index is 764. The van der Waals surface area contributed by atoms with Gasteiger partial charge in [-0.25, -0.2) is 0 Å². The molecule has 1 atom stereocenters. The van der Waals surface area contributed by atoms with Crippen LogP contribution in [0.4, 0.5) is 5.69 Å². The first kappa shape index (κ1) is 17.8. The van der Waals surface area contributed by atoms with Crippen molar-refractivity contribution in [3.63, 3.8) is 0 Å². The highest BCUT2D eigenvalue weighted by atomic mass is 35.5. The molecule has 2 heterocycles. The summed E-state index contributed by atoms with van der Waals surface area (Å²) in [6, 6.07) is 8.66. The Kier molecular flexibility index (Phi) is 5.60. The van der Waals surface area contributed by atoms with Crippen LogP contribution in [-0.4, -0.2) is 29.3 Å². The molecule has 3 rings (SSSR count). The molecule has 0 bridgehead atoms. The zero-order valence-corrected chi connectivity index (χ0v) is 15.5. The van der Waals surface area contributed by atoms with Gasteiger partial charge in [-0.1, -0.05) is 23.7 Å². The van der Waals surface area contributed by atoms with Crippen molar-refractivity contribution in [1.82, 2.24) is 10.3 Å². The summed E-state index contributed by atoms with van der Waals surface area (Å²) < 4.78 is 0. The lowest BCUT2D eigenvalue weighted by atomic mass is 10.0. The maximum atomic E-state index is 12.7. The Morgan fingerprint density at radius 3 is 2.84 bits per heavy atom. The molecule has 2 amide bonds. The first-order chi connectivity index (χ1) is 12.1. The zero-order chi connectivity index (χ0) is 17.8. The molecule has 0 saturated carbocycles. The van der Waals surface area contributed by atoms with E-state index in [1.54, 1.807) is 17.0 Å². The number of hydrazine groups is 1. The molecule has 1 aliphatic heterocycles. The minimum atomic E-state index is -0.461. The Balaban J connectivity index is 1.66. The standard InChI is InChI=1S/C18H20ClN3O2S/c1-12-7-8-13(11-14(12)19)20-21-17(23)15-5-2-3-9-22(15)18(24)16-6-4-10-25-16/h4,6-8,10-11,15,20H,2-3,5,9H2,1H3,(H,21,23). The highest BCUT2D eigenvalue weighted by Gasteiger charge is 2.33. The molecular formula is C18H20ClN3O2S. The van der Waals surface area contributed by atoms with Crippen molar-refractivity contribution in [3.05, 3.63) is 51.2 Å². The molecule has 1 aromatic carbocycles. The van der Waals surface area contributed by atoms with E-state index < -0.39 is 6.04 Å². The molecule has 2 aromatic rings. The lowest BCUT2D eigenvalue weighted by molar-refractivity contribution is -0.126. The van der Waals surface area contributed by atoms with Crippen LogP contribution in [0.3, 0.4) is 0 Å². The van der Waals surface area contributed by atoms with E-state index in [0.29, 0.717) is 28.6 Å². The SMILES string of the molecule is Cc1ccc(NNC(=O)C2CCCCN2C(=O)c2cccs2)cc1Cl. The van der Waals surface area contributed by atoms with E-state index in [4.69, 9.17) is 11.6 Å². The van der Waals surface area contributed by atoms with E-state index in [9.17, 15) is 9.59 Å². The third kappa shape index (κ3) is 4.14. The number of hydrogen-bond acceptors (Lipinski definition) is 4. The maximum Gasteiger partial charge on any atom is 0.264 e. The number of thiophene rings is 1. The van der Waals surface area contributed by atoms with E-state index in [2.05, 4.69) is 10.9 Å². The fourth-order valence-corrected chi connectivity index (χ4v) is 3.74. The molecule has 0 spiro atoms. The summed E-state index contributed by atoms with van der Waals surface area (Å²) in [5, 5.41) is 2.50. The first-order valence-corrected chi connectivity index (χ1v) is 9.48. The van der Waals surface area contributed by atoms with Crippen molar-refractivity contribution in [2.24, 2.45) is 0 Å². The van der Waals surface area contributed by atoms with Gasteiger partial charge in [-0.2, -0.15) is 0 Å². The summed E-state index contributed by atoms with van der Waals surface area (Å²) in [6.45, 7) is 2.52. The third-order valence-electron chi connectivity index (χ3n) is 4.30. The van der Waals surface area contributed by atoms with Gasteiger partial charge in [0.15, 0.2) is 0 Å². The number of carbonyl (C=O) groups is 2. The molecule has 5 nitrogen and oxygen atoms in total. The second-order valence-electron chi connectivity index (χ2n) is 6.07. The van der Waals surface area contributed by atoms with Gasteiger partial charge in [0.25, 0.3) is 11.8 Å². The number of piperidine rings is 1. The number of likely N-dealkylation sites (tertiary alicyclic amines) is 1. The van der Waals surface area contributed by atoms with E-state index in [1.807, 2.05) is 30.5 Å². The number of halogens is 1. The van der Waals surface area contributed by atoms with Crippen molar-refractivity contribution in [2.45, 2.75) is 32.2 Å². The number of benzene rings is 1. The van der Waals surface area contributed by atoms with E-state index in [1.165, 1.54) is 11.3 Å². The molecule has 25 heavy (non-hydrogen) atoms. The maximum absolute atomic E-state index is 12.7. The molecule has 2 N–H and O–H groups in total. The average molecular weight is 378 g/mol. The molecule has 1 unspecified atom stereocenters. The second kappa shape index (κ2) is 7.89. The van der Waals surface area contributed by atoms with Crippen LogP contribution in [0.25, 0.3) is 0 Å². The smallest absolute Gasteiger partial charge is 0.264 e. The summed E-state index contributed by atoms with van der Waals surface area (Å²) >= 11 is 7.49. The van der Waals surface area contributed by atoms with Gasteiger partial charge in [0.1, 0.15) is 6.04 Å². The van der Waals surface area contributed by atoms with Crippen molar-refractivity contribution < 1.29 is 9.59 Å². The number of rotatable bonds is 4. The molecule has 1 aliphatic rings. The van der Waals surface area contributed by atoms with Crippen LogP contribution >= 0.6 is 22.9 Å². The van der Waals surface area contributed by atoms with Crippen LogP contribution in [0.5, 0.6) is 0 Å². The lowest BCUT2D eigenvalue weighted by Crippen LogP contribution is -2.52. The molecule has 1 aromatic heterocycles. The van der Waals surface area contributed by atoms with Gasteiger partial charge in [0.2, 0.25) is 0 Å². The monoisotopic (exact) mass is 377 g/mol. The van der Waals surface area contributed by atoms with Crippen LogP contribution in [0.1, 0.15) is 34.5 Å². The van der Waals surface area contributed by atoms with Gasteiger partial charge in [-0.05, 0) is 55.3 Å². The Morgan fingerprint density at radius 1 is 1.28 bits per heavy atom. The first-order valence-electron chi connectivity index (χ1n) is 8.23. The molecule has 132 valence electrons. The van der Waals surface area contributed by atoms with Crippen LogP contribution in [-0.2, 0) is 4.79 Å². The number of carbonyl (C=O) groups excluding carboxylic acids is 2. The van der Waals surface area contributed by atoms with Crippen LogP contribution < -0.4 is 10.9 Å². The molecule has 1 fully saturated rings. The average Bonchev–Trinajstić information content (AvgIpc) is 3.16. The number of amides is 2. The molecule has 1 saturated heterocycles. The second-order valence-corrected chi connectivity index (χ2v) is 7.42. The normalized spacial score (nSPS) is 17.2. The largest absolute Gasteiger partial charge is 0.326 e. The highest BCUT2D eigenvalue weighted by Crippen LogP contribution is 2.22. The van der Waals surface area contributed by atoms with Crippen molar-refractivity contribution in [1.29, 1.82) is 0 Å². The molecule has 7 heteroatoms. The minimum absolute atomic E-state index is 0.0757. The summed E-state index contributed by atoms with van der Waals surface area (Å²) in [5.41, 5.74) is 7.27. The van der Waals surface area contributed by atoms with Crippen LogP contribution in [0.2, 0.25) is 5.02 Å². The summed E-state index contributed by atoms with van der Waals surface area (Å²) in [4.78, 5) is 27.6. The Morgan fingerprint density at radius 2 is 2.12 bits per heavy atom. The van der Waals surface area contributed by atoms with Gasteiger partial charge in [0, 0.05) is 11.6 Å². The van der Waals surface area contributed by atoms with Gasteiger partial charge >= 0.3 is 0 Å². The van der Waals surface area contributed by atoms with E-state index in [-0.39, 0.29) is 11.8 Å². The van der Waals surface area contributed by atoms with Crippen LogP contribution in [0, 0.1) is 6.92 Å². The van der Waals surface area contributed by atoms with Gasteiger partial charge in [-0.15, -0.1) is 11.3 Å².